The van der Waals surface area contributed by atoms with Crippen LogP contribution in [-0.2, 0) is 0 Å². The average molecular weight is 357 g/mol. The van der Waals surface area contributed by atoms with Gasteiger partial charge in [0.1, 0.15) is 16.8 Å². The number of nitrogens with zero attached hydrogens (tertiary/aromatic N) is 4. The fraction of sp³-hybridized carbons (Fsp3) is 0.125. The van der Waals surface area contributed by atoms with Gasteiger partial charge in [-0.05, 0) is 0 Å². The Morgan fingerprint density at radius 3 is 2.04 bits per heavy atom. The first-order valence-electron chi connectivity index (χ1n) is 7.58. The summed E-state index contributed by atoms with van der Waals surface area (Å²) in [4.78, 5) is 16.3. The van der Waals surface area contributed by atoms with E-state index >= 15 is 0 Å². The number of nitrogens with one attached hydrogen (secondary N) is 2. The van der Waals surface area contributed by atoms with E-state index < -0.39 is 0 Å². The molecule has 0 atom stereocenters. The fourth-order valence-corrected chi connectivity index (χ4v) is 2.41. The molecule has 0 aliphatic rings. The molecule has 0 saturated heterocycles. The van der Waals surface area contributed by atoms with Crippen molar-refractivity contribution in [2.75, 3.05) is 35.2 Å². The third kappa shape index (κ3) is 4.67. The van der Waals surface area contributed by atoms with Gasteiger partial charge in [-0.15, -0.1) is 0 Å². The maximum atomic E-state index is 5.83. The summed E-state index contributed by atoms with van der Waals surface area (Å²) in [5, 5.41) is 6.59. The summed E-state index contributed by atoms with van der Waals surface area (Å²) < 4.78 is 0. The zero-order chi connectivity index (χ0) is 17.6. The summed E-state index contributed by atoms with van der Waals surface area (Å²) in [6.45, 7) is 1.17. The zero-order valence-corrected chi connectivity index (χ0v) is 14.0. The van der Waals surface area contributed by atoms with Crippen molar-refractivity contribution < 1.29 is 0 Å². The van der Waals surface area contributed by atoms with Crippen LogP contribution >= 0.6 is 11.6 Å². The third-order valence-electron chi connectivity index (χ3n) is 3.26. The Balaban J connectivity index is 1.61. The predicted molar refractivity (Wildman–Crippen MR) is 100 cm³/mol. The van der Waals surface area contributed by atoms with Gasteiger partial charge in [0.2, 0.25) is 11.9 Å². The largest absolute Gasteiger partial charge is 0.368 e. The van der Waals surface area contributed by atoms with E-state index in [0.29, 0.717) is 29.9 Å². The first-order chi connectivity index (χ1) is 12.1. The van der Waals surface area contributed by atoms with Crippen molar-refractivity contribution >= 4 is 35.1 Å². The lowest BCUT2D eigenvalue weighted by Crippen LogP contribution is -2.16. The summed E-state index contributed by atoms with van der Waals surface area (Å²) in [6, 6.07) is 13.2. The van der Waals surface area contributed by atoms with Crippen LogP contribution in [-0.4, -0.2) is 33.0 Å². The molecule has 1 aromatic carbocycles. The van der Waals surface area contributed by atoms with Gasteiger partial charge >= 0.3 is 0 Å². The minimum atomic E-state index is 0.124. The van der Waals surface area contributed by atoms with Crippen LogP contribution in [0.5, 0.6) is 0 Å². The van der Waals surface area contributed by atoms with Crippen molar-refractivity contribution in [3.63, 3.8) is 0 Å². The van der Waals surface area contributed by atoms with Gasteiger partial charge in [0.05, 0.1) is 5.69 Å². The monoisotopic (exact) mass is 356 g/mol. The Kier molecular flexibility index (Phi) is 5.10. The summed E-state index contributed by atoms with van der Waals surface area (Å²) in [5.41, 5.74) is 13.1. The third-order valence-corrected chi connectivity index (χ3v) is 3.46. The zero-order valence-electron chi connectivity index (χ0n) is 13.3. The molecule has 0 saturated carbocycles. The van der Waals surface area contributed by atoms with Gasteiger partial charge in [-0.1, -0.05) is 41.9 Å². The molecule has 0 aliphatic carbocycles. The molecule has 0 aliphatic heterocycles. The van der Waals surface area contributed by atoms with Crippen molar-refractivity contribution in [3.05, 3.63) is 47.6 Å². The normalized spacial score (nSPS) is 10.4. The lowest BCUT2D eigenvalue weighted by molar-refractivity contribution is 1.03. The molecular weight excluding hydrogens is 340 g/mol. The molecule has 6 N–H and O–H groups in total. The van der Waals surface area contributed by atoms with E-state index in [0.717, 1.165) is 11.3 Å². The number of benzene rings is 1. The summed E-state index contributed by atoms with van der Waals surface area (Å²) in [5.74, 6) is 1.55. The highest BCUT2D eigenvalue weighted by Crippen LogP contribution is 2.20. The number of nitrogen functional groups attached to an aromatic ring is 2. The second-order valence-electron chi connectivity index (χ2n) is 5.15. The van der Waals surface area contributed by atoms with Crippen LogP contribution in [0.1, 0.15) is 0 Å². The maximum Gasteiger partial charge on any atom is 0.223 e. The number of nitrogens with two attached hydrogens (primary N) is 2. The fourth-order valence-electron chi connectivity index (χ4n) is 2.22. The van der Waals surface area contributed by atoms with Crippen LogP contribution in [0.15, 0.2) is 42.5 Å². The van der Waals surface area contributed by atoms with E-state index in [1.807, 2.05) is 36.4 Å². The number of halogens is 1. The average Bonchev–Trinajstić information content (AvgIpc) is 2.58. The van der Waals surface area contributed by atoms with Crippen molar-refractivity contribution in [1.29, 1.82) is 0 Å². The number of aromatic nitrogens is 4. The van der Waals surface area contributed by atoms with Gasteiger partial charge in [0.25, 0.3) is 0 Å². The Hall–Kier alpha value is -3.13. The van der Waals surface area contributed by atoms with Crippen molar-refractivity contribution in [1.82, 2.24) is 19.9 Å². The molecule has 128 valence electrons. The minimum absolute atomic E-state index is 0.124. The quantitative estimate of drug-likeness (QED) is 0.391. The van der Waals surface area contributed by atoms with Crippen molar-refractivity contribution in [2.45, 2.75) is 0 Å². The van der Waals surface area contributed by atoms with Gasteiger partial charge in [-0.3, -0.25) is 0 Å². The minimum Gasteiger partial charge on any atom is -0.368 e. The molecule has 8 nitrogen and oxygen atoms in total. The van der Waals surface area contributed by atoms with E-state index in [4.69, 9.17) is 23.1 Å². The predicted octanol–water partition coefficient (Wildman–Crippen LogP) is 2.28. The summed E-state index contributed by atoms with van der Waals surface area (Å²) in [6.07, 6.45) is 0. The molecule has 0 bridgehead atoms. The van der Waals surface area contributed by atoms with E-state index in [2.05, 4.69) is 30.6 Å². The summed E-state index contributed by atoms with van der Waals surface area (Å²) in [7, 11) is 0. The van der Waals surface area contributed by atoms with Gasteiger partial charge in [0, 0.05) is 30.8 Å². The van der Waals surface area contributed by atoms with Gasteiger partial charge in [-0.2, -0.15) is 9.97 Å². The van der Waals surface area contributed by atoms with E-state index in [-0.39, 0.29) is 11.9 Å². The molecule has 2 aromatic heterocycles. The smallest absolute Gasteiger partial charge is 0.223 e. The van der Waals surface area contributed by atoms with E-state index in [1.54, 1.807) is 6.07 Å². The van der Waals surface area contributed by atoms with Crippen LogP contribution in [0.25, 0.3) is 11.3 Å². The molecule has 25 heavy (non-hydrogen) atoms. The molecule has 9 heteroatoms. The van der Waals surface area contributed by atoms with Crippen molar-refractivity contribution in [3.8, 4) is 11.3 Å². The first-order valence-corrected chi connectivity index (χ1v) is 7.96. The molecular formula is C16H17ClN8. The lowest BCUT2D eigenvalue weighted by Gasteiger charge is -2.10. The first kappa shape index (κ1) is 16.7. The lowest BCUT2D eigenvalue weighted by atomic mass is 10.1. The Morgan fingerprint density at radius 1 is 0.800 bits per heavy atom. The second-order valence-corrected chi connectivity index (χ2v) is 5.54. The van der Waals surface area contributed by atoms with Crippen LogP contribution < -0.4 is 22.1 Å². The number of anilines is 4. The Bertz CT molecular complexity index is 836. The molecule has 3 aromatic rings. The Labute approximate surface area is 149 Å². The highest BCUT2D eigenvalue weighted by molar-refractivity contribution is 6.29. The molecule has 3 rings (SSSR count). The summed E-state index contributed by atoms with van der Waals surface area (Å²) >= 11 is 5.83. The molecule has 0 fully saturated rings. The molecule has 0 spiro atoms. The van der Waals surface area contributed by atoms with Gasteiger partial charge < -0.3 is 22.1 Å². The van der Waals surface area contributed by atoms with Crippen LogP contribution in [0.4, 0.5) is 23.5 Å². The number of rotatable bonds is 6. The molecule has 0 amide bonds. The number of hydrogen-bond acceptors (Lipinski definition) is 8. The highest BCUT2D eigenvalue weighted by Gasteiger charge is 2.05. The van der Waals surface area contributed by atoms with Crippen LogP contribution in [0, 0.1) is 0 Å². The maximum absolute atomic E-state index is 5.83. The highest BCUT2D eigenvalue weighted by atomic mass is 35.5. The van der Waals surface area contributed by atoms with Crippen molar-refractivity contribution in [2.24, 2.45) is 0 Å². The topological polar surface area (TPSA) is 128 Å². The van der Waals surface area contributed by atoms with Gasteiger partial charge in [-0.25, -0.2) is 9.97 Å². The van der Waals surface area contributed by atoms with Gasteiger partial charge in [0.15, 0.2) is 0 Å². The van der Waals surface area contributed by atoms with E-state index in [9.17, 15) is 0 Å². The Morgan fingerprint density at radius 2 is 1.40 bits per heavy atom. The second kappa shape index (κ2) is 7.63. The SMILES string of the molecule is Nc1nc(Cl)cc(NCCNc2cc(-c3ccccc3)nc(N)n2)n1. The molecule has 0 unspecified atom stereocenters. The standard InChI is InChI=1S/C16H17ClN8/c17-12-9-14(25-16(19)23-12)21-7-6-20-13-8-11(22-15(18)24-13)10-4-2-1-3-5-10/h1-5,8-9H,6-7H2,(H3,18,20,22,24)(H3,19,21,23,25). The van der Waals surface area contributed by atoms with E-state index in [1.165, 1.54) is 0 Å². The number of hydrogen-bond donors (Lipinski definition) is 4. The van der Waals surface area contributed by atoms with Crippen LogP contribution in [0.2, 0.25) is 5.15 Å². The van der Waals surface area contributed by atoms with Crippen LogP contribution in [0.3, 0.4) is 0 Å². The molecule has 0 radical (unpaired) electrons. The molecule has 2 heterocycles.